The predicted octanol–water partition coefficient (Wildman–Crippen LogP) is 3.64. The minimum Gasteiger partial charge on any atom is -0.490 e. The van der Waals surface area contributed by atoms with Crippen molar-refractivity contribution in [3.05, 3.63) is 64.1 Å². The Balaban J connectivity index is 1.87. The second-order valence-corrected chi connectivity index (χ2v) is 6.06. The molecule has 0 aliphatic carbocycles. The lowest BCUT2D eigenvalue weighted by Gasteiger charge is -2.15. The number of imide groups is 1. The maximum atomic E-state index is 13.3. The molecule has 0 spiro atoms. The number of rotatable bonds is 6. The van der Waals surface area contributed by atoms with Crippen molar-refractivity contribution in [2.75, 3.05) is 6.61 Å². The van der Waals surface area contributed by atoms with Crippen molar-refractivity contribution in [2.45, 2.75) is 13.5 Å². The molecule has 3 rings (SSSR count). The molecule has 0 bridgehead atoms. The van der Waals surface area contributed by atoms with Gasteiger partial charge in [0.2, 0.25) is 0 Å². The third-order valence-electron chi connectivity index (χ3n) is 3.63. The van der Waals surface area contributed by atoms with E-state index in [1.807, 2.05) is 0 Å². The maximum Gasteiger partial charge on any atom is 0.326 e. The summed E-state index contributed by atoms with van der Waals surface area (Å²) in [4.78, 5) is 22.9. The Labute approximate surface area is 159 Å². The monoisotopic (exact) mass is 390 g/mol. The maximum absolute atomic E-state index is 13.3. The van der Waals surface area contributed by atoms with Gasteiger partial charge in [-0.05, 0) is 48.4 Å². The topological polar surface area (TPSA) is 76.7 Å². The van der Waals surface area contributed by atoms with E-state index in [2.05, 4.69) is 10.6 Å². The molecule has 2 aromatic rings. The van der Waals surface area contributed by atoms with Crippen molar-refractivity contribution < 1.29 is 23.5 Å². The molecule has 3 amide bonds. The third kappa shape index (κ3) is 4.57. The molecule has 1 fully saturated rings. The molecule has 1 aliphatic heterocycles. The van der Waals surface area contributed by atoms with Gasteiger partial charge in [0.15, 0.2) is 11.5 Å². The Morgan fingerprint density at radius 3 is 2.63 bits per heavy atom. The molecule has 0 atom stereocenters. The average molecular weight is 391 g/mol. The van der Waals surface area contributed by atoms with Crippen LogP contribution in [-0.2, 0) is 11.4 Å². The van der Waals surface area contributed by atoms with Crippen LogP contribution >= 0.6 is 11.6 Å². The molecular weight excluding hydrogens is 375 g/mol. The van der Waals surface area contributed by atoms with Crippen LogP contribution in [0.4, 0.5) is 9.18 Å². The van der Waals surface area contributed by atoms with Crippen LogP contribution in [0.5, 0.6) is 11.5 Å². The number of ether oxygens (including phenoxy) is 2. The van der Waals surface area contributed by atoms with E-state index in [0.29, 0.717) is 29.2 Å². The highest BCUT2D eigenvalue weighted by Gasteiger charge is 2.23. The van der Waals surface area contributed by atoms with Crippen LogP contribution in [0.25, 0.3) is 6.08 Å². The Morgan fingerprint density at radius 2 is 1.96 bits per heavy atom. The quantitative estimate of drug-likeness (QED) is 0.583. The SMILES string of the molecule is CCOc1cc(/C=C2/NC(=O)NC2=O)cc(Cl)c1OCc1cccc(F)c1. The summed E-state index contributed by atoms with van der Waals surface area (Å²) in [5, 5.41) is 4.78. The van der Waals surface area contributed by atoms with Crippen LogP contribution in [0.2, 0.25) is 5.02 Å². The molecule has 6 nitrogen and oxygen atoms in total. The zero-order valence-electron chi connectivity index (χ0n) is 14.3. The minimum absolute atomic E-state index is 0.104. The van der Waals surface area contributed by atoms with Gasteiger partial charge < -0.3 is 14.8 Å². The van der Waals surface area contributed by atoms with Gasteiger partial charge in [0.25, 0.3) is 5.91 Å². The van der Waals surface area contributed by atoms with Gasteiger partial charge >= 0.3 is 6.03 Å². The summed E-state index contributed by atoms with van der Waals surface area (Å²) in [5.41, 5.74) is 1.30. The number of hydrogen-bond acceptors (Lipinski definition) is 4. The van der Waals surface area contributed by atoms with Gasteiger partial charge in [0.1, 0.15) is 18.1 Å². The zero-order valence-corrected chi connectivity index (χ0v) is 15.1. The van der Waals surface area contributed by atoms with E-state index >= 15 is 0 Å². The van der Waals surface area contributed by atoms with E-state index in [1.54, 1.807) is 31.2 Å². The molecule has 27 heavy (non-hydrogen) atoms. The molecule has 2 N–H and O–H groups in total. The highest BCUT2D eigenvalue weighted by Crippen LogP contribution is 2.38. The summed E-state index contributed by atoms with van der Waals surface area (Å²) in [6.07, 6.45) is 1.48. The normalized spacial score (nSPS) is 14.9. The first-order valence-electron chi connectivity index (χ1n) is 8.14. The van der Waals surface area contributed by atoms with Crippen LogP contribution in [0.3, 0.4) is 0 Å². The van der Waals surface area contributed by atoms with Gasteiger partial charge in [0.05, 0.1) is 11.6 Å². The minimum atomic E-state index is -0.586. The second kappa shape index (κ2) is 8.09. The predicted molar refractivity (Wildman–Crippen MR) is 98.0 cm³/mol. The summed E-state index contributed by atoms with van der Waals surface area (Å²) in [7, 11) is 0. The first kappa shape index (κ1) is 18.7. The lowest BCUT2D eigenvalue weighted by molar-refractivity contribution is -0.115. The summed E-state index contributed by atoms with van der Waals surface area (Å²) in [5.74, 6) is -0.200. The van der Waals surface area contributed by atoms with Crippen molar-refractivity contribution in [1.82, 2.24) is 10.6 Å². The van der Waals surface area contributed by atoms with Gasteiger partial charge in [0, 0.05) is 0 Å². The van der Waals surface area contributed by atoms with E-state index in [9.17, 15) is 14.0 Å². The van der Waals surface area contributed by atoms with Crippen LogP contribution < -0.4 is 20.1 Å². The number of hydrogen-bond donors (Lipinski definition) is 2. The van der Waals surface area contributed by atoms with Crippen LogP contribution in [0.1, 0.15) is 18.1 Å². The molecule has 0 saturated carbocycles. The number of urea groups is 1. The van der Waals surface area contributed by atoms with Gasteiger partial charge in [-0.3, -0.25) is 10.1 Å². The highest BCUT2D eigenvalue weighted by atomic mass is 35.5. The van der Waals surface area contributed by atoms with E-state index in [0.717, 1.165) is 0 Å². The zero-order chi connectivity index (χ0) is 19.4. The Morgan fingerprint density at radius 1 is 1.15 bits per heavy atom. The second-order valence-electron chi connectivity index (χ2n) is 5.65. The molecule has 140 valence electrons. The van der Waals surface area contributed by atoms with Gasteiger partial charge in [-0.2, -0.15) is 0 Å². The lowest BCUT2D eigenvalue weighted by Crippen LogP contribution is -2.22. The molecule has 0 radical (unpaired) electrons. The molecule has 1 aliphatic rings. The number of carbonyl (C=O) groups is 2. The summed E-state index contributed by atoms with van der Waals surface area (Å²) in [6.45, 7) is 2.28. The fraction of sp³-hybridized carbons (Fsp3) is 0.158. The van der Waals surface area contributed by atoms with Crippen molar-refractivity contribution in [2.24, 2.45) is 0 Å². The van der Waals surface area contributed by atoms with Crippen molar-refractivity contribution >= 4 is 29.6 Å². The fourth-order valence-electron chi connectivity index (χ4n) is 2.51. The number of carbonyl (C=O) groups excluding carboxylic acids is 2. The smallest absolute Gasteiger partial charge is 0.326 e. The lowest BCUT2D eigenvalue weighted by atomic mass is 10.1. The molecular formula is C19H16ClFN2O4. The van der Waals surface area contributed by atoms with Crippen molar-refractivity contribution in [3.63, 3.8) is 0 Å². The van der Waals surface area contributed by atoms with Crippen LogP contribution in [0, 0.1) is 5.82 Å². The third-order valence-corrected chi connectivity index (χ3v) is 3.92. The summed E-state index contributed by atoms with van der Waals surface area (Å²) < 4.78 is 24.6. The average Bonchev–Trinajstić information content (AvgIpc) is 2.91. The van der Waals surface area contributed by atoms with Gasteiger partial charge in [-0.25, -0.2) is 9.18 Å². The first-order valence-corrected chi connectivity index (χ1v) is 8.51. The standard InChI is InChI=1S/C19H16ClFN2O4/c1-2-26-16-9-12(8-15-18(24)23-19(25)22-15)7-14(20)17(16)27-10-11-4-3-5-13(21)6-11/h3-9H,2,10H2,1H3,(H2,22,23,24,25)/b15-8+. The number of nitrogens with one attached hydrogen (secondary N) is 2. The summed E-state index contributed by atoms with van der Waals surface area (Å²) in [6, 6.07) is 8.68. The highest BCUT2D eigenvalue weighted by molar-refractivity contribution is 6.32. The first-order chi connectivity index (χ1) is 13.0. The Kier molecular flexibility index (Phi) is 5.61. The molecule has 1 saturated heterocycles. The Hall–Kier alpha value is -3.06. The van der Waals surface area contributed by atoms with E-state index in [4.69, 9.17) is 21.1 Å². The van der Waals surface area contributed by atoms with Crippen molar-refractivity contribution in [3.8, 4) is 11.5 Å². The fourth-order valence-corrected chi connectivity index (χ4v) is 2.78. The largest absolute Gasteiger partial charge is 0.490 e. The van der Waals surface area contributed by atoms with E-state index in [1.165, 1.54) is 18.2 Å². The van der Waals surface area contributed by atoms with E-state index in [-0.39, 0.29) is 23.1 Å². The van der Waals surface area contributed by atoms with Crippen LogP contribution in [0.15, 0.2) is 42.1 Å². The number of halogens is 2. The Bertz CT molecular complexity index is 930. The number of amides is 3. The number of benzene rings is 2. The molecule has 1 heterocycles. The molecule has 0 unspecified atom stereocenters. The molecule has 8 heteroatoms. The van der Waals surface area contributed by atoms with Crippen LogP contribution in [-0.4, -0.2) is 18.5 Å². The molecule has 0 aromatic heterocycles. The van der Waals surface area contributed by atoms with Gasteiger partial charge in [-0.1, -0.05) is 23.7 Å². The van der Waals surface area contributed by atoms with E-state index < -0.39 is 11.9 Å². The van der Waals surface area contributed by atoms with Crippen molar-refractivity contribution in [1.29, 1.82) is 0 Å². The van der Waals surface area contributed by atoms with Gasteiger partial charge in [-0.15, -0.1) is 0 Å². The summed E-state index contributed by atoms with van der Waals surface area (Å²) >= 11 is 6.32. The molecule has 2 aromatic carbocycles.